The van der Waals surface area contributed by atoms with E-state index in [1.807, 2.05) is 34.7 Å². The Bertz CT molecular complexity index is 789. The van der Waals surface area contributed by atoms with E-state index in [1.165, 1.54) is 11.1 Å². The SMILES string of the molecule is Cc1cnn([C@H](C)[C@H](C)NCc2cn(C)nc2-c2ccncc2)c1. The molecular weight excluding hydrogens is 300 g/mol. The van der Waals surface area contributed by atoms with Gasteiger partial charge in [0.05, 0.1) is 17.9 Å². The molecule has 3 aromatic rings. The van der Waals surface area contributed by atoms with E-state index in [-0.39, 0.29) is 12.1 Å². The lowest BCUT2D eigenvalue weighted by Crippen LogP contribution is -2.33. The Morgan fingerprint density at radius 2 is 1.92 bits per heavy atom. The Morgan fingerprint density at radius 1 is 1.17 bits per heavy atom. The smallest absolute Gasteiger partial charge is 0.0969 e. The number of hydrogen-bond donors (Lipinski definition) is 1. The third-order valence-corrected chi connectivity index (χ3v) is 4.34. The molecule has 0 aromatic carbocycles. The molecule has 0 spiro atoms. The molecule has 0 aliphatic rings. The molecule has 6 heteroatoms. The Balaban J connectivity index is 1.71. The summed E-state index contributed by atoms with van der Waals surface area (Å²) in [6, 6.07) is 4.55. The maximum atomic E-state index is 4.60. The van der Waals surface area contributed by atoms with Gasteiger partial charge in [0, 0.05) is 55.5 Å². The summed E-state index contributed by atoms with van der Waals surface area (Å²) in [7, 11) is 1.95. The molecule has 0 unspecified atom stereocenters. The highest BCUT2D eigenvalue weighted by molar-refractivity contribution is 5.61. The summed E-state index contributed by atoms with van der Waals surface area (Å²) >= 11 is 0. The zero-order valence-electron chi connectivity index (χ0n) is 14.6. The van der Waals surface area contributed by atoms with Gasteiger partial charge in [-0.1, -0.05) is 0 Å². The quantitative estimate of drug-likeness (QED) is 0.757. The molecule has 24 heavy (non-hydrogen) atoms. The molecular formula is C18H24N6. The van der Waals surface area contributed by atoms with Crippen molar-refractivity contribution in [2.45, 2.75) is 39.4 Å². The van der Waals surface area contributed by atoms with Crippen LogP contribution in [0.5, 0.6) is 0 Å². The second kappa shape index (κ2) is 6.97. The van der Waals surface area contributed by atoms with E-state index in [0.717, 1.165) is 17.8 Å². The van der Waals surface area contributed by atoms with Crippen LogP contribution in [0.1, 0.15) is 31.0 Å². The van der Waals surface area contributed by atoms with E-state index in [9.17, 15) is 0 Å². The largest absolute Gasteiger partial charge is 0.308 e. The van der Waals surface area contributed by atoms with Crippen LogP contribution in [0, 0.1) is 6.92 Å². The van der Waals surface area contributed by atoms with E-state index in [1.54, 1.807) is 12.4 Å². The first-order valence-corrected chi connectivity index (χ1v) is 8.21. The molecule has 0 radical (unpaired) electrons. The molecule has 0 fully saturated rings. The van der Waals surface area contributed by atoms with Gasteiger partial charge in [0.15, 0.2) is 0 Å². The minimum atomic E-state index is 0.278. The van der Waals surface area contributed by atoms with Crippen LogP contribution in [0.3, 0.4) is 0 Å². The van der Waals surface area contributed by atoms with Gasteiger partial charge in [-0.3, -0.25) is 14.3 Å². The first kappa shape index (κ1) is 16.4. The topological polar surface area (TPSA) is 60.6 Å². The van der Waals surface area contributed by atoms with Crippen LogP contribution in [0.4, 0.5) is 0 Å². The van der Waals surface area contributed by atoms with E-state index in [4.69, 9.17) is 0 Å². The molecule has 2 atom stereocenters. The van der Waals surface area contributed by atoms with Crippen LogP contribution < -0.4 is 5.32 Å². The van der Waals surface area contributed by atoms with Crippen molar-refractivity contribution in [1.29, 1.82) is 0 Å². The number of nitrogens with zero attached hydrogens (tertiary/aromatic N) is 5. The lowest BCUT2D eigenvalue weighted by atomic mass is 10.1. The van der Waals surface area contributed by atoms with Crippen molar-refractivity contribution in [1.82, 2.24) is 29.9 Å². The first-order valence-electron chi connectivity index (χ1n) is 8.21. The van der Waals surface area contributed by atoms with Crippen LogP contribution in [0.15, 0.2) is 43.1 Å². The van der Waals surface area contributed by atoms with Gasteiger partial charge in [-0.25, -0.2) is 0 Å². The first-order chi connectivity index (χ1) is 11.5. The predicted molar refractivity (Wildman–Crippen MR) is 94.4 cm³/mol. The predicted octanol–water partition coefficient (Wildman–Crippen LogP) is 2.73. The van der Waals surface area contributed by atoms with Crippen molar-refractivity contribution in [3.63, 3.8) is 0 Å². The molecule has 0 aliphatic carbocycles. The second-order valence-corrected chi connectivity index (χ2v) is 6.32. The summed E-state index contributed by atoms with van der Waals surface area (Å²) in [6.45, 7) is 7.18. The van der Waals surface area contributed by atoms with E-state index < -0.39 is 0 Å². The van der Waals surface area contributed by atoms with Crippen LogP contribution in [-0.4, -0.2) is 30.6 Å². The van der Waals surface area contributed by atoms with Gasteiger partial charge in [0.2, 0.25) is 0 Å². The fourth-order valence-corrected chi connectivity index (χ4v) is 2.75. The van der Waals surface area contributed by atoms with Crippen LogP contribution in [0.25, 0.3) is 11.3 Å². The monoisotopic (exact) mass is 324 g/mol. The number of pyridine rings is 1. The van der Waals surface area contributed by atoms with E-state index in [0.29, 0.717) is 0 Å². The highest BCUT2D eigenvalue weighted by Gasteiger charge is 2.16. The molecule has 0 saturated carbocycles. The van der Waals surface area contributed by atoms with Crippen molar-refractivity contribution in [2.24, 2.45) is 7.05 Å². The van der Waals surface area contributed by atoms with Crippen molar-refractivity contribution < 1.29 is 0 Å². The van der Waals surface area contributed by atoms with Gasteiger partial charge in [0.25, 0.3) is 0 Å². The highest BCUT2D eigenvalue weighted by atomic mass is 15.3. The van der Waals surface area contributed by atoms with E-state index >= 15 is 0 Å². The lowest BCUT2D eigenvalue weighted by molar-refractivity contribution is 0.365. The summed E-state index contributed by atoms with van der Waals surface area (Å²) in [6.07, 6.45) is 9.64. The average molecular weight is 324 g/mol. The third kappa shape index (κ3) is 3.54. The normalized spacial score (nSPS) is 13.8. The van der Waals surface area contributed by atoms with Gasteiger partial charge in [-0.2, -0.15) is 10.2 Å². The second-order valence-electron chi connectivity index (χ2n) is 6.32. The van der Waals surface area contributed by atoms with Crippen molar-refractivity contribution in [3.05, 3.63) is 54.2 Å². The van der Waals surface area contributed by atoms with Gasteiger partial charge >= 0.3 is 0 Å². The van der Waals surface area contributed by atoms with Gasteiger partial charge < -0.3 is 5.32 Å². The summed E-state index contributed by atoms with van der Waals surface area (Å²) in [4.78, 5) is 4.08. The molecule has 126 valence electrons. The number of aromatic nitrogens is 5. The molecule has 0 aliphatic heterocycles. The van der Waals surface area contributed by atoms with E-state index in [2.05, 4.69) is 53.7 Å². The number of nitrogens with one attached hydrogen (secondary N) is 1. The van der Waals surface area contributed by atoms with Gasteiger partial charge in [-0.05, 0) is 38.5 Å². The lowest BCUT2D eigenvalue weighted by Gasteiger charge is -2.21. The van der Waals surface area contributed by atoms with Crippen molar-refractivity contribution in [3.8, 4) is 11.3 Å². The zero-order chi connectivity index (χ0) is 17.1. The van der Waals surface area contributed by atoms with Crippen LogP contribution >= 0.6 is 0 Å². The van der Waals surface area contributed by atoms with Crippen LogP contribution in [0.2, 0.25) is 0 Å². The Hall–Kier alpha value is -2.47. The minimum absolute atomic E-state index is 0.278. The standard InChI is InChI=1S/C18H24N6/c1-13-9-21-24(11-13)15(3)14(2)20-10-17-12-23(4)22-18(17)16-5-7-19-8-6-16/h5-9,11-12,14-15,20H,10H2,1-4H3/t14-,15+/m0/s1. The molecule has 3 rings (SSSR count). The maximum absolute atomic E-state index is 4.60. The molecule has 3 heterocycles. The minimum Gasteiger partial charge on any atom is -0.308 e. The molecule has 0 saturated heterocycles. The fraction of sp³-hybridized carbons (Fsp3) is 0.389. The molecule has 6 nitrogen and oxygen atoms in total. The number of rotatable bonds is 6. The summed E-state index contributed by atoms with van der Waals surface area (Å²) < 4.78 is 3.87. The van der Waals surface area contributed by atoms with Crippen molar-refractivity contribution in [2.75, 3.05) is 0 Å². The highest BCUT2D eigenvalue weighted by Crippen LogP contribution is 2.21. The maximum Gasteiger partial charge on any atom is 0.0969 e. The Labute approximate surface area is 142 Å². The zero-order valence-corrected chi connectivity index (χ0v) is 14.6. The molecule has 3 aromatic heterocycles. The summed E-state index contributed by atoms with van der Waals surface area (Å²) in [5, 5.41) is 12.6. The van der Waals surface area contributed by atoms with Crippen molar-refractivity contribution >= 4 is 0 Å². The van der Waals surface area contributed by atoms with Gasteiger partial charge in [0.1, 0.15) is 0 Å². The van der Waals surface area contributed by atoms with Crippen LogP contribution in [-0.2, 0) is 13.6 Å². The number of aryl methyl sites for hydroxylation is 2. The number of hydrogen-bond acceptors (Lipinski definition) is 4. The Kier molecular flexibility index (Phi) is 4.76. The Morgan fingerprint density at radius 3 is 2.58 bits per heavy atom. The average Bonchev–Trinajstić information content (AvgIpc) is 3.18. The summed E-state index contributed by atoms with van der Waals surface area (Å²) in [5.41, 5.74) is 4.45. The molecule has 0 bridgehead atoms. The fourth-order valence-electron chi connectivity index (χ4n) is 2.75. The third-order valence-electron chi connectivity index (χ3n) is 4.34. The summed E-state index contributed by atoms with van der Waals surface area (Å²) in [5.74, 6) is 0. The molecule has 0 amide bonds. The molecule has 1 N–H and O–H groups in total. The van der Waals surface area contributed by atoms with Gasteiger partial charge in [-0.15, -0.1) is 0 Å².